The lowest BCUT2D eigenvalue weighted by molar-refractivity contribution is -0.137. The average molecular weight is 371 g/mol. The number of aromatic nitrogens is 2. The molecule has 0 fully saturated rings. The van der Waals surface area contributed by atoms with E-state index < -0.39 is 6.10 Å². The van der Waals surface area contributed by atoms with E-state index in [0.717, 1.165) is 27.4 Å². The van der Waals surface area contributed by atoms with E-state index in [1.54, 1.807) is 31.3 Å². The molecule has 5 nitrogen and oxygen atoms in total. The van der Waals surface area contributed by atoms with Crippen LogP contribution in [0.4, 0.5) is 0 Å². The molecule has 28 heavy (non-hydrogen) atoms. The molecular weight excluding hydrogens is 350 g/mol. The number of carbonyl (C=O) groups is 1. The molecule has 4 rings (SSSR count). The van der Waals surface area contributed by atoms with E-state index in [1.165, 1.54) is 0 Å². The molecular formula is C23H21N3O2. The summed E-state index contributed by atoms with van der Waals surface area (Å²) in [6.07, 6.45) is 2.76. The van der Waals surface area contributed by atoms with Crippen molar-refractivity contribution in [2.24, 2.45) is 0 Å². The average Bonchev–Trinajstić information content (AvgIpc) is 2.73. The van der Waals surface area contributed by atoms with Gasteiger partial charge in [0.2, 0.25) is 0 Å². The van der Waals surface area contributed by atoms with Gasteiger partial charge in [-0.15, -0.1) is 0 Å². The largest absolute Gasteiger partial charge is 0.481 e. The van der Waals surface area contributed by atoms with Crippen LogP contribution in [0.1, 0.15) is 12.5 Å². The Hall–Kier alpha value is -3.47. The summed E-state index contributed by atoms with van der Waals surface area (Å²) in [4.78, 5) is 23.0. The van der Waals surface area contributed by atoms with E-state index in [4.69, 9.17) is 4.74 Å². The van der Waals surface area contributed by atoms with Crippen molar-refractivity contribution in [1.82, 2.24) is 14.9 Å². The smallest absolute Gasteiger partial charge is 0.263 e. The molecule has 0 aliphatic rings. The van der Waals surface area contributed by atoms with Crippen LogP contribution in [0.15, 0.2) is 73.1 Å². The number of hydrogen-bond donors (Lipinski definition) is 0. The van der Waals surface area contributed by atoms with Crippen molar-refractivity contribution in [3.63, 3.8) is 0 Å². The molecule has 0 saturated carbocycles. The van der Waals surface area contributed by atoms with Crippen LogP contribution in [0.25, 0.3) is 21.8 Å². The number of carbonyl (C=O) groups excluding carboxylic acids is 1. The SMILES string of the molecule is C[C@H](Oc1ccc2ccccc2c1)C(=O)N(C)Cc1ccc2nccnc2c1. The fourth-order valence-electron chi connectivity index (χ4n) is 3.26. The molecule has 3 aromatic carbocycles. The second-order valence-corrected chi connectivity index (χ2v) is 6.84. The van der Waals surface area contributed by atoms with E-state index in [0.29, 0.717) is 12.3 Å². The zero-order valence-corrected chi connectivity index (χ0v) is 15.9. The lowest BCUT2D eigenvalue weighted by atomic mass is 10.1. The fraction of sp³-hybridized carbons (Fsp3) is 0.174. The van der Waals surface area contributed by atoms with Crippen molar-refractivity contribution in [3.8, 4) is 5.75 Å². The molecule has 0 radical (unpaired) electrons. The van der Waals surface area contributed by atoms with Gasteiger partial charge in [0.1, 0.15) is 5.75 Å². The monoisotopic (exact) mass is 371 g/mol. The van der Waals surface area contributed by atoms with Crippen LogP contribution in [0.2, 0.25) is 0 Å². The second-order valence-electron chi connectivity index (χ2n) is 6.84. The Balaban J connectivity index is 1.44. The van der Waals surface area contributed by atoms with Gasteiger partial charge in [-0.3, -0.25) is 14.8 Å². The van der Waals surface area contributed by atoms with Crippen LogP contribution in [0, 0.1) is 0 Å². The van der Waals surface area contributed by atoms with Crippen molar-refractivity contribution in [1.29, 1.82) is 0 Å². The molecule has 0 unspecified atom stereocenters. The Morgan fingerprint density at radius 3 is 2.54 bits per heavy atom. The lowest BCUT2D eigenvalue weighted by Gasteiger charge is -2.22. The van der Waals surface area contributed by atoms with E-state index in [2.05, 4.69) is 16.0 Å². The third-order valence-corrected chi connectivity index (χ3v) is 4.71. The molecule has 140 valence electrons. The molecule has 0 N–H and O–H groups in total. The Kier molecular flexibility index (Phi) is 4.89. The molecule has 1 aromatic heterocycles. The highest BCUT2D eigenvalue weighted by atomic mass is 16.5. The number of ether oxygens (including phenoxy) is 1. The maximum absolute atomic E-state index is 12.8. The molecule has 5 heteroatoms. The van der Waals surface area contributed by atoms with Gasteiger partial charge in [0.15, 0.2) is 6.10 Å². The summed E-state index contributed by atoms with van der Waals surface area (Å²) in [6, 6.07) is 19.8. The topological polar surface area (TPSA) is 55.3 Å². The van der Waals surface area contributed by atoms with E-state index in [9.17, 15) is 4.79 Å². The molecule has 1 heterocycles. The minimum atomic E-state index is -0.577. The van der Waals surface area contributed by atoms with Gasteiger partial charge < -0.3 is 9.64 Å². The van der Waals surface area contributed by atoms with Gasteiger partial charge in [0.25, 0.3) is 5.91 Å². The molecule has 0 bridgehead atoms. The molecule has 1 amide bonds. The summed E-state index contributed by atoms with van der Waals surface area (Å²) >= 11 is 0. The van der Waals surface area contributed by atoms with Crippen LogP contribution < -0.4 is 4.74 Å². The minimum absolute atomic E-state index is 0.0765. The Morgan fingerprint density at radius 2 is 1.71 bits per heavy atom. The predicted octanol–water partition coefficient (Wildman–Crippen LogP) is 4.21. The zero-order chi connectivity index (χ0) is 19.5. The molecule has 0 aliphatic heterocycles. The highest BCUT2D eigenvalue weighted by Crippen LogP contribution is 2.22. The maximum atomic E-state index is 12.8. The third kappa shape index (κ3) is 3.78. The molecule has 1 atom stereocenters. The third-order valence-electron chi connectivity index (χ3n) is 4.71. The number of fused-ring (bicyclic) bond motifs is 2. The van der Waals surface area contributed by atoms with E-state index in [1.807, 2.05) is 54.6 Å². The second kappa shape index (κ2) is 7.64. The van der Waals surface area contributed by atoms with Crippen molar-refractivity contribution in [2.45, 2.75) is 19.6 Å². The summed E-state index contributed by atoms with van der Waals surface area (Å²) in [7, 11) is 1.78. The van der Waals surface area contributed by atoms with E-state index in [-0.39, 0.29) is 5.91 Å². The van der Waals surface area contributed by atoms with Crippen LogP contribution >= 0.6 is 0 Å². The first kappa shape index (κ1) is 17.9. The van der Waals surface area contributed by atoms with Crippen molar-refractivity contribution < 1.29 is 9.53 Å². The number of likely N-dealkylation sites (N-methyl/N-ethyl adjacent to an activating group) is 1. The molecule has 0 spiro atoms. The number of rotatable bonds is 5. The van der Waals surface area contributed by atoms with Gasteiger partial charge in [-0.1, -0.05) is 36.4 Å². The van der Waals surface area contributed by atoms with E-state index >= 15 is 0 Å². The number of nitrogens with zero attached hydrogens (tertiary/aromatic N) is 3. The summed E-state index contributed by atoms with van der Waals surface area (Å²) in [5.74, 6) is 0.612. The van der Waals surface area contributed by atoms with Crippen LogP contribution in [-0.2, 0) is 11.3 Å². The van der Waals surface area contributed by atoms with Gasteiger partial charge in [-0.2, -0.15) is 0 Å². The first-order valence-corrected chi connectivity index (χ1v) is 9.20. The highest BCUT2D eigenvalue weighted by molar-refractivity contribution is 5.84. The first-order valence-electron chi connectivity index (χ1n) is 9.20. The number of hydrogen-bond acceptors (Lipinski definition) is 4. The number of benzene rings is 3. The van der Waals surface area contributed by atoms with Gasteiger partial charge in [0, 0.05) is 26.0 Å². The number of amides is 1. The highest BCUT2D eigenvalue weighted by Gasteiger charge is 2.19. The first-order chi connectivity index (χ1) is 13.6. The van der Waals surface area contributed by atoms with Crippen LogP contribution in [-0.4, -0.2) is 33.9 Å². The molecule has 4 aromatic rings. The van der Waals surface area contributed by atoms with Crippen LogP contribution in [0.3, 0.4) is 0 Å². The van der Waals surface area contributed by atoms with Gasteiger partial charge in [-0.25, -0.2) is 0 Å². The summed E-state index contributed by atoms with van der Waals surface area (Å²) in [5.41, 5.74) is 2.66. The van der Waals surface area contributed by atoms with Crippen molar-refractivity contribution >= 4 is 27.7 Å². The Morgan fingerprint density at radius 1 is 0.964 bits per heavy atom. The summed E-state index contributed by atoms with van der Waals surface area (Å²) in [5, 5.41) is 2.23. The quantitative estimate of drug-likeness (QED) is 0.527. The minimum Gasteiger partial charge on any atom is -0.481 e. The Bertz CT molecular complexity index is 1050. The van der Waals surface area contributed by atoms with Gasteiger partial charge in [-0.05, 0) is 47.5 Å². The standard InChI is InChI=1S/C23H21N3O2/c1-16(28-20-9-8-18-5-3-4-6-19(18)14-20)23(27)26(2)15-17-7-10-21-22(13-17)25-12-11-24-21/h3-14,16H,15H2,1-2H3/t16-/m0/s1. The summed E-state index contributed by atoms with van der Waals surface area (Å²) in [6.45, 7) is 2.26. The fourth-order valence-corrected chi connectivity index (χ4v) is 3.26. The molecule has 0 saturated heterocycles. The molecule has 0 aliphatic carbocycles. The van der Waals surface area contributed by atoms with Crippen molar-refractivity contribution in [2.75, 3.05) is 7.05 Å². The predicted molar refractivity (Wildman–Crippen MR) is 110 cm³/mol. The van der Waals surface area contributed by atoms with Gasteiger partial charge >= 0.3 is 0 Å². The lowest BCUT2D eigenvalue weighted by Crippen LogP contribution is -2.37. The van der Waals surface area contributed by atoms with Crippen molar-refractivity contribution in [3.05, 3.63) is 78.6 Å². The zero-order valence-electron chi connectivity index (χ0n) is 15.9. The summed E-state index contributed by atoms with van der Waals surface area (Å²) < 4.78 is 5.90. The Labute approximate surface area is 163 Å². The maximum Gasteiger partial charge on any atom is 0.263 e. The normalized spacial score (nSPS) is 12.1. The van der Waals surface area contributed by atoms with Crippen LogP contribution in [0.5, 0.6) is 5.75 Å². The van der Waals surface area contributed by atoms with Gasteiger partial charge in [0.05, 0.1) is 11.0 Å².